The van der Waals surface area contributed by atoms with Crippen molar-refractivity contribution in [1.82, 2.24) is 0 Å². The van der Waals surface area contributed by atoms with Gasteiger partial charge in [-0.25, -0.2) is 17.2 Å². The molecule has 2 aromatic carbocycles. The summed E-state index contributed by atoms with van der Waals surface area (Å²) < 4.78 is 53.0. The zero-order valence-electron chi connectivity index (χ0n) is 10.9. The number of para-hydroxylation sites is 1. The summed E-state index contributed by atoms with van der Waals surface area (Å²) in [6.07, 6.45) is 0. The van der Waals surface area contributed by atoms with E-state index < -0.39 is 26.6 Å². The highest BCUT2D eigenvalue weighted by atomic mass is 32.2. The predicted molar refractivity (Wildman–Crippen MR) is 73.6 cm³/mol. The van der Waals surface area contributed by atoms with Gasteiger partial charge in [0.1, 0.15) is 16.5 Å². The van der Waals surface area contributed by atoms with Gasteiger partial charge >= 0.3 is 0 Å². The lowest BCUT2D eigenvalue weighted by Gasteiger charge is -2.11. The lowest BCUT2D eigenvalue weighted by Crippen LogP contribution is -2.16. The monoisotopic (exact) mass is 311 g/mol. The van der Waals surface area contributed by atoms with Gasteiger partial charge in [-0.3, -0.25) is 9.52 Å². The summed E-state index contributed by atoms with van der Waals surface area (Å²) in [5.74, 6) is -2.31. The van der Waals surface area contributed by atoms with Gasteiger partial charge in [-0.15, -0.1) is 0 Å². The first-order valence-electron chi connectivity index (χ1n) is 5.89. The molecule has 0 heterocycles. The third-order valence-corrected chi connectivity index (χ3v) is 4.11. The normalized spacial score (nSPS) is 11.2. The number of anilines is 1. The quantitative estimate of drug-likeness (QED) is 0.883. The van der Waals surface area contributed by atoms with Gasteiger partial charge in [-0.1, -0.05) is 12.1 Å². The third-order valence-electron chi connectivity index (χ3n) is 2.73. The summed E-state index contributed by atoms with van der Waals surface area (Å²) in [5.41, 5.74) is 0.145. The molecule has 1 N–H and O–H groups in total. The Hall–Kier alpha value is -2.28. The van der Waals surface area contributed by atoms with Crippen molar-refractivity contribution in [2.75, 3.05) is 4.72 Å². The predicted octanol–water partition coefficient (Wildman–Crippen LogP) is 2.97. The topological polar surface area (TPSA) is 63.2 Å². The van der Waals surface area contributed by atoms with Crippen molar-refractivity contribution >= 4 is 21.5 Å². The van der Waals surface area contributed by atoms with Crippen LogP contribution >= 0.6 is 0 Å². The number of rotatable bonds is 4. The smallest absolute Gasteiger partial charge is 0.264 e. The summed E-state index contributed by atoms with van der Waals surface area (Å²) in [6.45, 7) is 1.27. The number of hydrogen-bond acceptors (Lipinski definition) is 3. The maximum Gasteiger partial charge on any atom is 0.264 e. The SMILES string of the molecule is CC(=O)c1ccccc1NS(=O)(=O)c1cc(F)ccc1F. The Morgan fingerprint density at radius 1 is 1.10 bits per heavy atom. The largest absolute Gasteiger partial charge is 0.294 e. The molecule has 2 rings (SSSR count). The fourth-order valence-corrected chi connectivity index (χ4v) is 2.93. The first-order valence-corrected chi connectivity index (χ1v) is 7.37. The van der Waals surface area contributed by atoms with Gasteiger partial charge in [-0.2, -0.15) is 0 Å². The fraction of sp³-hybridized carbons (Fsp3) is 0.0714. The summed E-state index contributed by atoms with van der Waals surface area (Å²) in [4.78, 5) is 10.6. The van der Waals surface area contributed by atoms with Crippen LogP contribution in [0.5, 0.6) is 0 Å². The second-order valence-corrected chi connectivity index (χ2v) is 5.93. The molecule has 0 saturated carbocycles. The van der Waals surface area contributed by atoms with Gasteiger partial charge in [0.15, 0.2) is 5.78 Å². The molecular formula is C14H11F2NO3S. The van der Waals surface area contributed by atoms with Crippen LogP contribution in [0.3, 0.4) is 0 Å². The first-order chi connectivity index (χ1) is 9.81. The molecule has 0 saturated heterocycles. The van der Waals surface area contributed by atoms with Crippen LogP contribution in [0.15, 0.2) is 47.4 Å². The molecule has 0 aliphatic rings. The van der Waals surface area contributed by atoms with E-state index in [-0.39, 0.29) is 17.0 Å². The average molecular weight is 311 g/mol. The van der Waals surface area contributed by atoms with E-state index in [0.717, 1.165) is 12.1 Å². The molecule has 0 fully saturated rings. The van der Waals surface area contributed by atoms with Crippen molar-refractivity contribution < 1.29 is 22.0 Å². The Bertz CT molecular complexity index is 804. The van der Waals surface area contributed by atoms with E-state index in [1.807, 2.05) is 0 Å². The van der Waals surface area contributed by atoms with Crippen molar-refractivity contribution in [2.45, 2.75) is 11.8 Å². The highest BCUT2D eigenvalue weighted by Crippen LogP contribution is 2.22. The molecule has 21 heavy (non-hydrogen) atoms. The highest BCUT2D eigenvalue weighted by Gasteiger charge is 2.21. The molecule has 4 nitrogen and oxygen atoms in total. The number of Topliss-reactive ketones (excluding diaryl/α,β-unsaturated/α-hetero) is 1. The zero-order valence-corrected chi connectivity index (χ0v) is 11.7. The van der Waals surface area contributed by atoms with Crippen LogP contribution in [0, 0.1) is 11.6 Å². The molecule has 0 aromatic heterocycles. The standard InChI is InChI=1S/C14H11F2NO3S/c1-9(18)11-4-2-3-5-13(11)17-21(19,20)14-8-10(15)6-7-12(14)16/h2-8,17H,1H3. The van der Waals surface area contributed by atoms with Crippen molar-refractivity contribution in [3.63, 3.8) is 0 Å². The van der Waals surface area contributed by atoms with Gasteiger partial charge in [0, 0.05) is 5.56 Å². The molecule has 110 valence electrons. The second kappa shape index (κ2) is 5.61. The lowest BCUT2D eigenvalue weighted by atomic mass is 10.1. The lowest BCUT2D eigenvalue weighted by molar-refractivity contribution is 0.101. The molecular weight excluding hydrogens is 300 g/mol. The second-order valence-electron chi connectivity index (χ2n) is 4.28. The minimum Gasteiger partial charge on any atom is -0.294 e. The van der Waals surface area contributed by atoms with Crippen LogP contribution in [-0.2, 0) is 10.0 Å². The van der Waals surface area contributed by atoms with Gasteiger partial charge in [-0.05, 0) is 37.3 Å². The van der Waals surface area contributed by atoms with E-state index in [2.05, 4.69) is 4.72 Å². The van der Waals surface area contributed by atoms with E-state index in [1.54, 1.807) is 6.07 Å². The summed E-state index contributed by atoms with van der Waals surface area (Å²) in [6, 6.07) is 8.00. The number of ketones is 1. The summed E-state index contributed by atoms with van der Waals surface area (Å²) in [7, 11) is -4.34. The van der Waals surface area contributed by atoms with Crippen molar-refractivity contribution in [3.8, 4) is 0 Å². The number of nitrogens with one attached hydrogen (secondary N) is 1. The fourth-order valence-electron chi connectivity index (χ4n) is 1.76. The minimum absolute atomic E-state index is 0.00802. The molecule has 0 unspecified atom stereocenters. The van der Waals surface area contributed by atoms with Gasteiger partial charge < -0.3 is 0 Å². The number of carbonyl (C=O) groups excluding carboxylic acids is 1. The van der Waals surface area contributed by atoms with Crippen LogP contribution in [0.25, 0.3) is 0 Å². The Labute approximate surface area is 120 Å². The van der Waals surface area contributed by atoms with Crippen LogP contribution in [0.1, 0.15) is 17.3 Å². The third kappa shape index (κ3) is 3.25. The van der Waals surface area contributed by atoms with Crippen LogP contribution in [0.4, 0.5) is 14.5 Å². The van der Waals surface area contributed by atoms with Crippen molar-refractivity contribution in [3.05, 3.63) is 59.7 Å². The van der Waals surface area contributed by atoms with Crippen molar-refractivity contribution in [2.24, 2.45) is 0 Å². The Balaban J connectivity index is 2.48. The Kier molecular flexibility index (Phi) is 4.04. The van der Waals surface area contributed by atoms with Gasteiger partial charge in [0.25, 0.3) is 10.0 Å². The first kappa shape index (κ1) is 15.1. The van der Waals surface area contributed by atoms with Crippen LogP contribution in [0.2, 0.25) is 0 Å². The number of sulfonamides is 1. The molecule has 0 amide bonds. The van der Waals surface area contributed by atoms with Gasteiger partial charge in [0.05, 0.1) is 5.69 Å². The molecule has 0 bridgehead atoms. The van der Waals surface area contributed by atoms with Crippen LogP contribution in [-0.4, -0.2) is 14.2 Å². The molecule has 2 aromatic rings. The summed E-state index contributed by atoms with van der Waals surface area (Å²) >= 11 is 0. The Morgan fingerprint density at radius 2 is 1.76 bits per heavy atom. The molecule has 0 aliphatic heterocycles. The number of halogens is 2. The number of benzene rings is 2. The van der Waals surface area contributed by atoms with Crippen LogP contribution < -0.4 is 4.72 Å². The maximum atomic E-state index is 13.6. The molecule has 0 spiro atoms. The Morgan fingerprint density at radius 3 is 2.43 bits per heavy atom. The van der Waals surface area contributed by atoms with E-state index >= 15 is 0 Å². The summed E-state index contributed by atoms with van der Waals surface area (Å²) in [5, 5.41) is 0. The molecule has 0 aliphatic carbocycles. The average Bonchev–Trinajstić information content (AvgIpc) is 2.41. The van der Waals surface area contributed by atoms with Gasteiger partial charge in [0.2, 0.25) is 0 Å². The highest BCUT2D eigenvalue weighted by molar-refractivity contribution is 7.92. The molecule has 0 radical (unpaired) electrons. The van der Waals surface area contributed by atoms with E-state index in [1.165, 1.54) is 25.1 Å². The number of carbonyl (C=O) groups is 1. The number of hydrogen-bond donors (Lipinski definition) is 1. The maximum absolute atomic E-state index is 13.6. The zero-order chi connectivity index (χ0) is 15.6. The molecule has 7 heteroatoms. The molecule has 0 atom stereocenters. The van der Waals surface area contributed by atoms with Crippen molar-refractivity contribution in [1.29, 1.82) is 0 Å². The van der Waals surface area contributed by atoms with E-state index in [9.17, 15) is 22.0 Å². The van der Waals surface area contributed by atoms with E-state index in [0.29, 0.717) is 6.07 Å². The van der Waals surface area contributed by atoms with E-state index in [4.69, 9.17) is 0 Å². The minimum atomic E-state index is -4.34.